The lowest BCUT2D eigenvalue weighted by atomic mass is 10.0. The average Bonchev–Trinajstić information content (AvgIpc) is 2.45. The molecule has 2 rings (SSSR count). The molecule has 1 amide bonds. The molecule has 1 aliphatic heterocycles. The molecule has 1 fully saturated rings. The summed E-state index contributed by atoms with van der Waals surface area (Å²) in [4.78, 5) is 12.9. The van der Waals surface area contributed by atoms with E-state index in [1.807, 2.05) is 4.90 Å². The van der Waals surface area contributed by atoms with Gasteiger partial charge >= 0.3 is 6.18 Å². The van der Waals surface area contributed by atoms with Crippen LogP contribution < -0.4 is 10.6 Å². The highest BCUT2D eigenvalue weighted by molar-refractivity contribution is 5.88. The van der Waals surface area contributed by atoms with Crippen molar-refractivity contribution < 1.29 is 18.0 Å². The van der Waals surface area contributed by atoms with Gasteiger partial charge in [0.15, 0.2) is 0 Å². The lowest BCUT2D eigenvalue weighted by Crippen LogP contribution is -2.46. The molecule has 0 radical (unpaired) electrons. The SMILES string of the molecule is CC(=O)Nc1ccc([C@H](CC(F)(F)F)N2CCNCC2)cc1.Cl.Cl. The number of rotatable bonds is 4. The Morgan fingerprint density at radius 1 is 1.21 bits per heavy atom. The Morgan fingerprint density at radius 2 is 1.75 bits per heavy atom. The molecule has 138 valence electrons. The van der Waals surface area contributed by atoms with Gasteiger partial charge in [0.25, 0.3) is 0 Å². The molecule has 1 aliphatic rings. The average molecular weight is 388 g/mol. The van der Waals surface area contributed by atoms with Crippen molar-refractivity contribution in [3.05, 3.63) is 29.8 Å². The third-order valence-electron chi connectivity index (χ3n) is 3.63. The number of carbonyl (C=O) groups excluding carboxylic acids is 1. The number of alkyl halides is 3. The number of halogens is 5. The fourth-order valence-corrected chi connectivity index (χ4v) is 2.66. The first kappa shape index (κ1) is 23.0. The van der Waals surface area contributed by atoms with Gasteiger partial charge in [0.1, 0.15) is 0 Å². The van der Waals surface area contributed by atoms with Crippen LogP contribution in [0, 0.1) is 0 Å². The van der Waals surface area contributed by atoms with Gasteiger partial charge in [-0.05, 0) is 17.7 Å². The zero-order valence-corrected chi connectivity index (χ0v) is 14.9. The zero-order chi connectivity index (χ0) is 16.2. The van der Waals surface area contributed by atoms with Gasteiger partial charge in [-0.15, -0.1) is 24.8 Å². The number of benzene rings is 1. The Kier molecular flexibility index (Phi) is 9.65. The Labute approximate surface area is 152 Å². The number of carbonyl (C=O) groups is 1. The Balaban J connectivity index is 0.00000264. The fraction of sp³-hybridized carbons (Fsp3) is 0.533. The summed E-state index contributed by atoms with van der Waals surface area (Å²) in [6, 6.07) is 5.91. The monoisotopic (exact) mass is 387 g/mol. The van der Waals surface area contributed by atoms with Gasteiger partial charge in [-0.2, -0.15) is 13.2 Å². The first-order chi connectivity index (χ1) is 10.3. The van der Waals surface area contributed by atoms with E-state index < -0.39 is 18.6 Å². The molecule has 2 N–H and O–H groups in total. The van der Waals surface area contributed by atoms with E-state index in [9.17, 15) is 18.0 Å². The summed E-state index contributed by atoms with van der Waals surface area (Å²) >= 11 is 0. The minimum atomic E-state index is -4.22. The van der Waals surface area contributed by atoms with Crippen LogP contribution in [0.4, 0.5) is 18.9 Å². The number of anilines is 1. The van der Waals surface area contributed by atoms with E-state index in [4.69, 9.17) is 0 Å². The topological polar surface area (TPSA) is 44.4 Å². The number of piperazine rings is 1. The Hall–Kier alpha value is -1.02. The van der Waals surface area contributed by atoms with Gasteiger partial charge in [-0.1, -0.05) is 12.1 Å². The summed E-state index contributed by atoms with van der Waals surface area (Å²) in [5.74, 6) is -0.207. The van der Waals surface area contributed by atoms with Crippen LogP contribution in [0.1, 0.15) is 24.9 Å². The van der Waals surface area contributed by atoms with Crippen molar-refractivity contribution in [3.8, 4) is 0 Å². The van der Waals surface area contributed by atoms with E-state index in [-0.39, 0.29) is 30.7 Å². The highest BCUT2D eigenvalue weighted by Crippen LogP contribution is 2.34. The lowest BCUT2D eigenvalue weighted by Gasteiger charge is -2.35. The molecule has 1 heterocycles. The smallest absolute Gasteiger partial charge is 0.326 e. The number of amides is 1. The van der Waals surface area contributed by atoms with Crippen LogP contribution in [0.2, 0.25) is 0 Å². The van der Waals surface area contributed by atoms with Crippen molar-refractivity contribution in [2.24, 2.45) is 0 Å². The quantitative estimate of drug-likeness (QED) is 0.831. The molecule has 0 unspecified atom stereocenters. The molecule has 1 aromatic rings. The van der Waals surface area contributed by atoms with E-state index in [1.165, 1.54) is 6.92 Å². The maximum Gasteiger partial charge on any atom is 0.390 e. The lowest BCUT2D eigenvalue weighted by molar-refractivity contribution is -0.148. The molecule has 24 heavy (non-hydrogen) atoms. The second-order valence-electron chi connectivity index (χ2n) is 5.42. The molecule has 0 aliphatic carbocycles. The van der Waals surface area contributed by atoms with Gasteiger partial charge in [-0.3, -0.25) is 9.69 Å². The molecule has 0 spiro atoms. The summed E-state index contributed by atoms with van der Waals surface area (Å²) in [5, 5.41) is 5.76. The van der Waals surface area contributed by atoms with Gasteiger partial charge in [-0.25, -0.2) is 0 Å². The second kappa shape index (κ2) is 10.1. The highest BCUT2D eigenvalue weighted by Gasteiger charge is 2.35. The third-order valence-corrected chi connectivity index (χ3v) is 3.63. The molecular formula is C15H22Cl2F3N3O. The van der Waals surface area contributed by atoms with Crippen LogP contribution in [0.3, 0.4) is 0 Å². The van der Waals surface area contributed by atoms with Crippen molar-refractivity contribution in [2.75, 3.05) is 31.5 Å². The summed E-state index contributed by atoms with van der Waals surface area (Å²) < 4.78 is 38.7. The standard InChI is InChI=1S/C15H20F3N3O.2ClH/c1-11(22)20-13-4-2-12(3-5-13)14(10-15(16,17)18)21-8-6-19-7-9-21;;/h2-5,14,19H,6-10H2,1H3,(H,20,22);2*1H/t14-;;/m0../s1. The molecular weight excluding hydrogens is 366 g/mol. The van der Waals surface area contributed by atoms with E-state index in [2.05, 4.69) is 10.6 Å². The summed E-state index contributed by atoms with van der Waals surface area (Å²) in [5.41, 5.74) is 1.20. The van der Waals surface area contributed by atoms with Gasteiger partial charge in [0, 0.05) is 44.8 Å². The fourth-order valence-electron chi connectivity index (χ4n) is 2.66. The van der Waals surface area contributed by atoms with Crippen LogP contribution in [0.15, 0.2) is 24.3 Å². The Morgan fingerprint density at radius 3 is 2.21 bits per heavy atom. The van der Waals surface area contributed by atoms with Crippen molar-refractivity contribution >= 4 is 36.4 Å². The van der Waals surface area contributed by atoms with Crippen LogP contribution in [0.5, 0.6) is 0 Å². The van der Waals surface area contributed by atoms with Crippen LogP contribution >= 0.6 is 24.8 Å². The summed E-state index contributed by atoms with van der Waals surface area (Å²) in [6.07, 6.45) is -5.08. The highest BCUT2D eigenvalue weighted by atomic mass is 35.5. The Bertz CT molecular complexity index is 506. The van der Waals surface area contributed by atoms with E-state index in [0.29, 0.717) is 37.4 Å². The largest absolute Gasteiger partial charge is 0.390 e. The predicted molar refractivity (Wildman–Crippen MR) is 93.1 cm³/mol. The molecule has 9 heteroatoms. The van der Waals surface area contributed by atoms with Gasteiger partial charge in [0.2, 0.25) is 5.91 Å². The molecule has 0 aromatic heterocycles. The van der Waals surface area contributed by atoms with Gasteiger partial charge in [0.05, 0.1) is 6.42 Å². The number of nitrogens with zero attached hydrogens (tertiary/aromatic N) is 1. The minimum absolute atomic E-state index is 0. The van der Waals surface area contributed by atoms with E-state index in [0.717, 1.165) is 0 Å². The first-order valence-corrected chi connectivity index (χ1v) is 7.24. The van der Waals surface area contributed by atoms with Crippen molar-refractivity contribution in [1.29, 1.82) is 0 Å². The molecule has 1 aromatic carbocycles. The number of hydrogen-bond donors (Lipinski definition) is 2. The summed E-state index contributed by atoms with van der Waals surface area (Å²) in [6.45, 7) is 3.96. The van der Waals surface area contributed by atoms with E-state index in [1.54, 1.807) is 24.3 Å². The van der Waals surface area contributed by atoms with Gasteiger partial charge < -0.3 is 10.6 Å². The third kappa shape index (κ3) is 7.25. The molecule has 4 nitrogen and oxygen atoms in total. The van der Waals surface area contributed by atoms with Crippen molar-refractivity contribution in [1.82, 2.24) is 10.2 Å². The molecule has 1 atom stereocenters. The van der Waals surface area contributed by atoms with Crippen molar-refractivity contribution in [3.63, 3.8) is 0 Å². The van der Waals surface area contributed by atoms with Crippen molar-refractivity contribution in [2.45, 2.75) is 25.6 Å². The number of nitrogens with one attached hydrogen (secondary N) is 2. The molecule has 0 saturated carbocycles. The maximum atomic E-state index is 12.9. The first-order valence-electron chi connectivity index (χ1n) is 7.24. The second-order valence-corrected chi connectivity index (χ2v) is 5.42. The van der Waals surface area contributed by atoms with Crippen LogP contribution in [-0.4, -0.2) is 43.2 Å². The molecule has 1 saturated heterocycles. The zero-order valence-electron chi connectivity index (χ0n) is 13.2. The normalized spacial score (nSPS) is 16.5. The maximum absolute atomic E-state index is 12.9. The van der Waals surface area contributed by atoms with E-state index >= 15 is 0 Å². The van der Waals surface area contributed by atoms with Crippen LogP contribution in [0.25, 0.3) is 0 Å². The van der Waals surface area contributed by atoms with Crippen LogP contribution in [-0.2, 0) is 4.79 Å². The number of hydrogen-bond acceptors (Lipinski definition) is 3. The summed E-state index contributed by atoms with van der Waals surface area (Å²) in [7, 11) is 0. The molecule has 0 bridgehead atoms. The predicted octanol–water partition coefficient (Wildman–Crippen LogP) is 3.39. The minimum Gasteiger partial charge on any atom is -0.326 e.